The van der Waals surface area contributed by atoms with Gasteiger partial charge in [-0.15, -0.1) is 24.8 Å². The van der Waals surface area contributed by atoms with Gasteiger partial charge in [0.25, 0.3) is 0 Å². The topological polar surface area (TPSA) is 79.0 Å². The Morgan fingerprint density at radius 2 is 1.71 bits per heavy atom. The Balaban J connectivity index is 0.00000140. The summed E-state index contributed by atoms with van der Waals surface area (Å²) in [7, 11) is 0. The van der Waals surface area contributed by atoms with Crippen LogP contribution in [0.1, 0.15) is 31.2 Å². The van der Waals surface area contributed by atoms with E-state index < -0.39 is 11.1 Å². The third kappa shape index (κ3) is 4.18. The van der Waals surface area contributed by atoms with Gasteiger partial charge in [0.2, 0.25) is 5.91 Å². The molecule has 0 radical (unpaired) electrons. The van der Waals surface area contributed by atoms with Crippen molar-refractivity contribution in [3.8, 4) is 0 Å². The number of nitrogens with zero attached hydrogens (tertiary/aromatic N) is 2. The number of halogens is 2. The average molecular weight is 432 g/mol. The van der Waals surface area contributed by atoms with E-state index >= 15 is 0 Å². The number of hydrogen-bond acceptors (Lipinski definition) is 5. The smallest absolute Gasteiger partial charge is 0.242 e. The highest BCUT2D eigenvalue weighted by Crippen LogP contribution is 2.38. The van der Waals surface area contributed by atoms with Gasteiger partial charge in [0.1, 0.15) is 5.60 Å². The second kappa shape index (κ2) is 9.28. The second-order valence-electron chi connectivity index (χ2n) is 7.97. The van der Waals surface area contributed by atoms with Gasteiger partial charge in [0.05, 0.1) is 24.8 Å². The Morgan fingerprint density at radius 1 is 1.07 bits per heavy atom. The molecule has 28 heavy (non-hydrogen) atoms. The molecular formula is C20H31Cl2N3O3. The number of amides is 1. The molecular weight excluding hydrogens is 401 g/mol. The first kappa shape index (κ1) is 23.4. The summed E-state index contributed by atoms with van der Waals surface area (Å²) in [6, 6.07) is 9.72. The van der Waals surface area contributed by atoms with E-state index in [1.165, 1.54) is 0 Å². The molecule has 2 heterocycles. The molecule has 1 aliphatic carbocycles. The van der Waals surface area contributed by atoms with Gasteiger partial charge in [-0.25, -0.2) is 0 Å². The maximum Gasteiger partial charge on any atom is 0.242 e. The highest BCUT2D eigenvalue weighted by Gasteiger charge is 2.50. The van der Waals surface area contributed by atoms with Gasteiger partial charge in [-0.05, 0) is 31.2 Å². The van der Waals surface area contributed by atoms with Crippen LogP contribution in [0, 0.1) is 0 Å². The summed E-state index contributed by atoms with van der Waals surface area (Å²) in [6.45, 7) is 3.94. The van der Waals surface area contributed by atoms with Crippen molar-refractivity contribution in [2.24, 2.45) is 5.73 Å². The first-order chi connectivity index (χ1) is 12.5. The van der Waals surface area contributed by atoms with E-state index in [9.17, 15) is 9.90 Å². The fraction of sp³-hybridized carbons (Fsp3) is 0.650. The molecule has 8 heteroatoms. The molecule has 4 rings (SSSR count). The fourth-order valence-corrected chi connectivity index (χ4v) is 4.56. The SMILES string of the molecule is Cl.Cl.NC1(C(=O)N2CC[C@](O)(c3ccccc3)[C@H](N3CCOCC3)C2)CCC1. The summed E-state index contributed by atoms with van der Waals surface area (Å²) in [6.07, 6.45) is 3.10. The predicted octanol–water partition coefficient (Wildman–Crippen LogP) is 1.53. The molecule has 1 saturated carbocycles. The minimum atomic E-state index is -0.962. The van der Waals surface area contributed by atoms with Crippen LogP contribution in [0.3, 0.4) is 0 Å². The van der Waals surface area contributed by atoms with Crippen LogP contribution in [0.4, 0.5) is 0 Å². The van der Waals surface area contributed by atoms with Gasteiger partial charge >= 0.3 is 0 Å². The Morgan fingerprint density at radius 3 is 2.29 bits per heavy atom. The Hall–Kier alpha value is -0.890. The van der Waals surface area contributed by atoms with Gasteiger partial charge in [0.15, 0.2) is 0 Å². The van der Waals surface area contributed by atoms with Crippen molar-refractivity contribution in [1.29, 1.82) is 0 Å². The van der Waals surface area contributed by atoms with Gasteiger partial charge in [0, 0.05) is 26.2 Å². The standard InChI is InChI=1S/C20H29N3O3.2ClH/c21-19(7-4-8-19)18(24)23-10-9-20(25,16-5-2-1-3-6-16)17(15-23)22-11-13-26-14-12-22;;/h1-3,5-6,17,25H,4,7-15,21H2;2*1H/t17-,20+;;/m1../s1. The van der Waals surface area contributed by atoms with E-state index in [1.54, 1.807) is 0 Å². The maximum absolute atomic E-state index is 13.0. The van der Waals surface area contributed by atoms with Crippen molar-refractivity contribution < 1.29 is 14.6 Å². The lowest BCUT2D eigenvalue weighted by Gasteiger charge is -2.52. The number of benzene rings is 1. The highest BCUT2D eigenvalue weighted by atomic mass is 35.5. The zero-order valence-corrected chi connectivity index (χ0v) is 17.7. The van der Waals surface area contributed by atoms with E-state index in [1.807, 2.05) is 35.2 Å². The quantitative estimate of drug-likeness (QED) is 0.758. The summed E-state index contributed by atoms with van der Waals surface area (Å²) in [5.74, 6) is 0.0529. The minimum absolute atomic E-state index is 0. The third-order valence-electron chi connectivity index (χ3n) is 6.43. The molecule has 0 bridgehead atoms. The molecule has 0 unspecified atom stereocenters. The Bertz CT molecular complexity index is 653. The largest absolute Gasteiger partial charge is 0.383 e. The van der Waals surface area contributed by atoms with Gasteiger partial charge in [-0.3, -0.25) is 9.69 Å². The summed E-state index contributed by atoms with van der Waals surface area (Å²) >= 11 is 0. The number of carbonyl (C=O) groups is 1. The van der Waals surface area contributed by atoms with E-state index in [2.05, 4.69) is 4.90 Å². The number of nitrogens with two attached hydrogens (primary N) is 1. The molecule has 6 nitrogen and oxygen atoms in total. The lowest BCUT2D eigenvalue weighted by atomic mass is 9.74. The van der Waals surface area contributed by atoms with Crippen LogP contribution in [-0.2, 0) is 15.1 Å². The van der Waals surface area contributed by atoms with Crippen molar-refractivity contribution >= 4 is 30.7 Å². The van der Waals surface area contributed by atoms with Crippen molar-refractivity contribution in [2.75, 3.05) is 39.4 Å². The Kier molecular flexibility index (Phi) is 7.76. The molecule has 3 aliphatic rings. The Labute approximate surface area is 179 Å². The number of piperidine rings is 1. The van der Waals surface area contributed by atoms with Crippen molar-refractivity contribution in [2.45, 2.75) is 42.9 Å². The summed E-state index contributed by atoms with van der Waals surface area (Å²) < 4.78 is 5.50. The molecule has 2 saturated heterocycles. The molecule has 1 aromatic carbocycles. The second-order valence-corrected chi connectivity index (χ2v) is 7.97. The van der Waals surface area contributed by atoms with Crippen molar-refractivity contribution in [1.82, 2.24) is 9.80 Å². The molecule has 3 N–H and O–H groups in total. The van der Waals surface area contributed by atoms with Crippen LogP contribution in [0.5, 0.6) is 0 Å². The number of hydrogen-bond donors (Lipinski definition) is 2. The summed E-state index contributed by atoms with van der Waals surface area (Å²) in [5, 5.41) is 11.7. The molecule has 158 valence electrons. The molecule has 1 amide bonds. The number of rotatable bonds is 3. The van der Waals surface area contributed by atoms with Crippen LogP contribution < -0.4 is 5.73 Å². The van der Waals surface area contributed by atoms with E-state index in [0.717, 1.165) is 37.9 Å². The first-order valence-electron chi connectivity index (χ1n) is 9.71. The lowest BCUT2D eigenvalue weighted by molar-refractivity contribution is -0.155. The van der Waals surface area contributed by atoms with Gasteiger partial charge in [-0.1, -0.05) is 30.3 Å². The highest BCUT2D eigenvalue weighted by molar-refractivity contribution is 5.87. The molecule has 1 aromatic rings. The van der Waals surface area contributed by atoms with Crippen LogP contribution in [0.2, 0.25) is 0 Å². The fourth-order valence-electron chi connectivity index (χ4n) is 4.56. The molecule has 3 fully saturated rings. The van der Waals surface area contributed by atoms with Gasteiger partial charge in [-0.2, -0.15) is 0 Å². The van der Waals surface area contributed by atoms with Crippen LogP contribution in [0.15, 0.2) is 30.3 Å². The van der Waals surface area contributed by atoms with E-state index in [-0.39, 0.29) is 36.8 Å². The molecule has 0 spiro atoms. The molecule has 2 atom stereocenters. The van der Waals surface area contributed by atoms with Crippen LogP contribution in [0.25, 0.3) is 0 Å². The number of aliphatic hydroxyl groups is 1. The van der Waals surface area contributed by atoms with Gasteiger partial charge < -0.3 is 20.5 Å². The third-order valence-corrected chi connectivity index (χ3v) is 6.43. The van der Waals surface area contributed by atoms with E-state index in [0.29, 0.717) is 32.7 Å². The normalized spacial score (nSPS) is 29.8. The zero-order valence-electron chi connectivity index (χ0n) is 16.1. The van der Waals surface area contributed by atoms with Crippen LogP contribution >= 0.6 is 24.8 Å². The van der Waals surface area contributed by atoms with Crippen LogP contribution in [-0.4, -0.2) is 71.8 Å². The number of morpholine rings is 1. The zero-order chi connectivity index (χ0) is 18.2. The minimum Gasteiger partial charge on any atom is -0.383 e. The molecule has 2 aliphatic heterocycles. The van der Waals surface area contributed by atoms with Crippen molar-refractivity contribution in [3.63, 3.8) is 0 Å². The number of carbonyl (C=O) groups excluding carboxylic acids is 1. The summed E-state index contributed by atoms with van der Waals surface area (Å²) in [4.78, 5) is 17.1. The number of likely N-dealkylation sites (tertiary alicyclic amines) is 1. The lowest BCUT2D eigenvalue weighted by Crippen LogP contribution is -2.67. The van der Waals surface area contributed by atoms with Crippen molar-refractivity contribution in [3.05, 3.63) is 35.9 Å². The maximum atomic E-state index is 13.0. The monoisotopic (exact) mass is 431 g/mol. The molecule has 0 aromatic heterocycles. The average Bonchev–Trinajstić information content (AvgIpc) is 2.67. The van der Waals surface area contributed by atoms with E-state index in [4.69, 9.17) is 10.5 Å². The number of ether oxygens (including phenoxy) is 1. The first-order valence-corrected chi connectivity index (χ1v) is 9.71. The predicted molar refractivity (Wildman–Crippen MR) is 113 cm³/mol. The summed E-state index contributed by atoms with van der Waals surface area (Å²) in [5.41, 5.74) is 5.57.